The number of fused-ring (bicyclic) bond motifs is 2. The monoisotopic (exact) mass is 449 g/mol. The maximum atomic E-state index is 13.4. The number of phenolic OH excluding ortho intramolecular Hbond substituents is 1. The second-order valence-electron chi connectivity index (χ2n) is 8.76. The van der Waals surface area contributed by atoms with E-state index >= 15 is 0 Å². The number of dihydropyridines is 1. The van der Waals surface area contributed by atoms with Gasteiger partial charge in [-0.2, -0.15) is 0 Å². The van der Waals surface area contributed by atoms with Gasteiger partial charge in [0.15, 0.2) is 11.6 Å². The van der Waals surface area contributed by atoms with Gasteiger partial charge in [0, 0.05) is 50.3 Å². The third-order valence-corrected chi connectivity index (χ3v) is 6.52. The fourth-order valence-electron chi connectivity index (χ4n) is 4.86. The molecule has 0 saturated heterocycles. The number of allylic oxidation sites excluding steroid dienone is 3. The molecule has 5 rings (SSSR count). The molecular weight excluding hydrogens is 430 g/mol. The van der Waals surface area contributed by atoms with Crippen LogP contribution in [0.4, 0.5) is 0 Å². The standard InChI is InChI=1S/C24H20BrNO3/c1-24(2)10-16-20(18(28)11-24)19(15-9-12(25)7-8-17(15)27)21-22(26-16)13-5-3-4-6-14(13)23(21)29/h3-9,19,26-27H,10-11H2,1-2H3. The van der Waals surface area contributed by atoms with Crippen molar-refractivity contribution in [2.24, 2.45) is 5.41 Å². The van der Waals surface area contributed by atoms with E-state index in [-0.39, 0.29) is 22.7 Å². The van der Waals surface area contributed by atoms with Gasteiger partial charge in [0.25, 0.3) is 0 Å². The van der Waals surface area contributed by atoms with Crippen LogP contribution < -0.4 is 5.32 Å². The summed E-state index contributed by atoms with van der Waals surface area (Å²) in [6.45, 7) is 4.17. The van der Waals surface area contributed by atoms with E-state index in [0.717, 1.165) is 21.4 Å². The van der Waals surface area contributed by atoms with Crippen LogP contribution in [0.2, 0.25) is 0 Å². The molecular formula is C24H20BrNO3. The number of benzene rings is 2. The Balaban J connectivity index is 1.79. The molecule has 0 bridgehead atoms. The molecule has 2 N–H and O–H groups in total. The van der Waals surface area contributed by atoms with Crippen molar-refractivity contribution in [2.75, 3.05) is 0 Å². The van der Waals surface area contributed by atoms with E-state index < -0.39 is 5.92 Å². The van der Waals surface area contributed by atoms with Crippen LogP contribution in [0.3, 0.4) is 0 Å². The lowest BCUT2D eigenvalue weighted by Crippen LogP contribution is -2.37. The van der Waals surface area contributed by atoms with Crippen LogP contribution >= 0.6 is 15.9 Å². The molecule has 0 fully saturated rings. The second-order valence-corrected chi connectivity index (χ2v) is 9.67. The lowest BCUT2D eigenvalue weighted by molar-refractivity contribution is -0.118. The Bertz CT molecular complexity index is 1170. The number of halogens is 1. The second kappa shape index (κ2) is 6.17. The van der Waals surface area contributed by atoms with Gasteiger partial charge in [0.05, 0.1) is 5.70 Å². The van der Waals surface area contributed by atoms with Gasteiger partial charge in [-0.1, -0.05) is 54.0 Å². The summed E-state index contributed by atoms with van der Waals surface area (Å²) in [6, 6.07) is 12.7. The molecule has 0 saturated carbocycles. The summed E-state index contributed by atoms with van der Waals surface area (Å²) in [6.07, 6.45) is 1.13. The fourth-order valence-corrected chi connectivity index (χ4v) is 5.24. The van der Waals surface area contributed by atoms with Crippen LogP contribution in [-0.4, -0.2) is 16.7 Å². The summed E-state index contributed by atoms with van der Waals surface area (Å²) in [5, 5.41) is 14.1. The highest BCUT2D eigenvalue weighted by molar-refractivity contribution is 9.10. The van der Waals surface area contributed by atoms with E-state index in [9.17, 15) is 14.7 Å². The number of carbonyl (C=O) groups is 2. The summed E-state index contributed by atoms with van der Waals surface area (Å²) in [7, 11) is 0. The number of phenols is 1. The summed E-state index contributed by atoms with van der Waals surface area (Å²) in [4.78, 5) is 26.7. The van der Waals surface area contributed by atoms with Crippen LogP contribution in [-0.2, 0) is 4.79 Å². The highest BCUT2D eigenvalue weighted by Crippen LogP contribution is 2.52. The Morgan fingerprint density at radius 3 is 2.52 bits per heavy atom. The van der Waals surface area contributed by atoms with Crippen molar-refractivity contribution in [3.8, 4) is 5.75 Å². The lowest BCUT2D eigenvalue weighted by Gasteiger charge is -2.39. The van der Waals surface area contributed by atoms with E-state index in [4.69, 9.17) is 0 Å². The number of rotatable bonds is 1. The van der Waals surface area contributed by atoms with Crippen molar-refractivity contribution < 1.29 is 14.7 Å². The minimum absolute atomic E-state index is 0.0310. The SMILES string of the molecule is CC1(C)CC(=O)C2=C(C1)NC1=C(C(=O)c3ccccc31)C2c1cc(Br)ccc1O. The number of nitrogens with one attached hydrogen (secondary N) is 1. The molecule has 29 heavy (non-hydrogen) atoms. The number of hydrogen-bond acceptors (Lipinski definition) is 4. The molecule has 1 unspecified atom stereocenters. The number of hydrogen-bond donors (Lipinski definition) is 2. The summed E-state index contributed by atoms with van der Waals surface area (Å²) in [5.41, 5.74) is 4.69. The molecule has 1 aliphatic heterocycles. The average molecular weight is 450 g/mol. The molecule has 2 aromatic carbocycles. The van der Waals surface area contributed by atoms with Gasteiger partial charge in [0.1, 0.15) is 5.75 Å². The van der Waals surface area contributed by atoms with Gasteiger partial charge in [-0.3, -0.25) is 9.59 Å². The minimum atomic E-state index is -0.581. The molecule has 1 heterocycles. The van der Waals surface area contributed by atoms with Crippen LogP contribution in [0.25, 0.3) is 5.70 Å². The zero-order valence-corrected chi connectivity index (χ0v) is 17.8. The smallest absolute Gasteiger partial charge is 0.192 e. The van der Waals surface area contributed by atoms with Gasteiger partial charge < -0.3 is 10.4 Å². The van der Waals surface area contributed by atoms with Crippen molar-refractivity contribution in [3.63, 3.8) is 0 Å². The number of ketones is 2. The summed E-state index contributed by atoms with van der Waals surface area (Å²) >= 11 is 3.47. The van der Waals surface area contributed by atoms with Crippen molar-refractivity contribution in [2.45, 2.75) is 32.6 Å². The summed E-state index contributed by atoms with van der Waals surface area (Å²) in [5.74, 6) is -0.553. The molecule has 3 aliphatic rings. The van der Waals surface area contributed by atoms with Crippen LogP contribution in [0.15, 0.2) is 63.8 Å². The average Bonchev–Trinajstić information content (AvgIpc) is 2.94. The largest absolute Gasteiger partial charge is 0.508 e. The molecule has 0 radical (unpaired) electrons. The van der Waals surface area contributed by atoms with Crippen LogP contribution in [0.5, 0.6) is 5.75 Å². The van der Waals surface area contributed by atoms with Crippen molar-refractivity contribution >= 4 is 33.2 Å². The van der Waals surface area contributed by atoms with E-state index in [1.165, 1.54) is 0 Å². The molecule has 2 aromatic rings. The molecule has 4 nitrogen and oxygen atoms in total. The number of carbonyl (C=O) groups excluding carboxylic acids is 2. The zero-order valence-electron chi connectivity index (χ0n) is 16.2. The Labute approximate surface area is 177 Å². The maximum Gasteiger partial charge on any atom is 0.192 e. The van der Waals surface area contributed by atoms with Crippen molar-refractivity contribution in [3.05, 3.63) is 80.5 Å². The van der Waals surface area contributed by atoms with Crippen LogP contribution in [0.1, 0.15) is 54.1 Å². The van der Waals surface area contributed by atoms with Gasteiger partial charge in [-0.05, 0) is 30.0 Å². The van der Waals surface area contributed by atoms with Crippen molar-refractivity contribution in [1.29, 1.82) is 0 Å². The Kier molecular flexibility index (Phi) is 3.91. The Morgan fingerprint density at radius 1 is 1.03 bits per heavy atom. The minimum Gasteiger partial charge on any atom is -0.508 e. The van der Waals surface area contributed by atoms with E-state index in [2.05, 4.69) is 35.1 Å². The molecule has 0 aromatic heterocycles. The van der Waals surface area contributed by atoms with E-state index in [1.807, 2.05) is 30.3 Å². The number of Topliss-reactive ketones (excluding diaryl/α,β-unsaturated/α-hetero) is 2. The maximum absolute atomic E-state index is 13.4. The van der Waals surface area contributed by atoms with Crippen LogP contribution in [0, 0.1) is 5.41 Å². The molecule has 0 spiro atoms. The fraction of sp³-hybridized carbons (Fsp3) is 0.250. The third kappa shape index (κ3) is 2.71. The normalized spacial score (nSPS) is 22.2. The Morgan fingerprint density at radius 2 is 1.76 bits per heavy atom. The molecule has 1 atom stereocenters. The van der Waals surface area contributed by atoms with Gasteiger partial charge in [-0.15, -0.1) is 0 Å². The molecule has 5 heteroatoms. The van der Waals surface area contributed by atoms with Gasteiger partial charge >= 0.3 is 0 Å². The zero-order chi connectivity index (χ0) is 20.5. The highest BCUT2D eigenvalue weighted by atomic mass is 79.9. The van der Waals surface area contributed by atoms with Gasteiger partial charge in [-0.25, -0.2) is 0 Å². The molecule has 0 amide bonds. The first-order valence-electron chi connectivity index (χ1n) is 9.67. The highest BCUT2D eigenvalue weighted by Gasteiger charge is 2.47. The predicted molar refractivity (Wildman–Crippen MR) is 114 cm³/mol. The van der Waals surface area contributed by atoms with E-state index in [1.54, 1.807) is 12.1 Å². The lowest BCUT2D eigenvalue weighted by atomic mass is 9.68. The predicted octanol–water partition coefficient (Wildman–Crippen LogP) is 5.09. The Hall–Kier alpha value is -2.66. The first-order valence-corrected chi connectivity index (χ1v) is 10.5. The van der Waals surface area contributed by atoms with E-state index in [0.29, 0.717) is 35.1 Å². The topological polar surface area (TPSA) is 66.4 Å². The molecule has 2 aliphatic carbocycles. The summed E-state index contributed by atoms with van der Waals surface area (Å²) < 4.78 is 0.791. The van der Waals surface area contributed by atoms with Crippen molar-refractivity contribution in [1.82, 2.24) is 5.32 Å². The number of aromatic hydroxyl groups is 1. The van der Waals surface area contributed by atoms with Gasteiger partial charge in [0.2, 0.25) is 0 Å². The molecule has 146 valence electrons. The third-order valence-electron chi connectivity index (χ3n) is 6.03. The quantitative estimate of drug-likeness (QED) is 0.635. The first kappa shape index (κ1) is 18.4. The first-order chi connectivity index (χ1) is 13.8.